The van der Waals surface area contributed by atoms with Gasteiger partial charge in [0.1, 0.15) is 11.6 Å². The number of hydrogen-bond acceptors (Lipinski definition) is 4. The highest BCUT2D eigenvalue weighted by molar-refractivity contribution is 5.10. The van der Waals surface area contributed by atoms with Crippen LogP contribution in [-0.2, 0) is 6.54 Å². The maximum Gasteiger partial charge on any atom is 0.137 e. The van der Waals surface area contributed by atoms with Gasteiger partial charge in [-0.25, -0.2) is 0 Å². The van der Waals surface area contributed by atoms with Gasteiger partial charge in [0.15, 0.2) is 0 Å². The molecular weight excluding hydrogens is 226 g/mol. The van der Waals surface area contributed by atoms with Crippen molar-refractivity contribution in [2.75, 3.05) is 13.1 Å². The molecule has 3 rings (SSSR count). The van der Waals surface area contributed by atoms with Crippen molar-refractivity contribution in [2.24, 2.45) is 0 Å². The van der Waals surface area contributed by atoms with Crippen LogP contribution in [0.3, 0.4) is 0 Å². The second-order valence-corrected chi connectivity index (χ2v) is 4.70. The van der Waals surface area contributed by atoms with Crippen LogP contribution in [-0.4, -0.2) is 32.8 Å². The topological polar surface area (TPSA) is 55.6 Å². The van der Waals surface area contributed by atoms with Crippen molar-refractivity contribution in [2.45, 2.75) is 25.8 Å². The van der Waals surface area contributed by atoms with Crippen LogP contribution < -0.4 is 5.32 Å². The standard InChI is InChI=1S/C13H17N5/c1-10-16-17-13(11-5-7-14-8-11)18(10)9-12-4-2-3-6-15-12/h2-4,6,11,14H,5,7-9H2,1H3. The molecule has 3 heterocycles. The fourth-order valence-corrected chi connectivity index (χ4v) is 2.42. The number of nitrogens with one attached hydrogen (secondary N) is 1. The summed E-state index contributed by atoms with van der Waals surface area (Å²) in [5.41, 5.74) is 1.05. The number of aromatic nitrogens is 4. The van der Waals surface area contributed by atoms with Crippen molar-refractivity contribution in [3.63, 3.8) is 0 Å². The summed E-state index contributed by atoms with van der Waals surface area (Å²) < 4.78 is 2.18. The van der Waals surface area contributed by atoms with E-state index in [0.29, 0.717) is 5.92 Å². The summed E-state index contributed by atoms with van der Waals surface area (Å²) in [5, 5.41) is 11.9. The third kappa shape index (κ3) is 2.13. The Morgan fingerprint density at radius 3 is 3.06 bits per heavy atom. The van der Waals surface area contributed by atoms with Crippen LogP contribution in [0.4, 0.5) is 0 Å². The summed E-state index contributed by atoms with van der Waals surface area (Å²) in [6.07, 6.45) is 2.96. The van der Waals surface area contributed by atoms with Crippen LogP contribution in [0, 0.1) is 6.92 Å². The van der Waals surface area contributed by atoms with Crippen molar-refractivity contribution in [3.8, 4) is 0 Å². The van der Waals surface area contributed by atoms with Crippen molar-refractivity contribution in [1.29, 1.82) is 0 Å². The lowest BCUT2D eigenvalue weighted by Crippen LogP contribution is -2.14. The Labute approximate surface area is 106 Å². The van der Waals surface area contributed by atoms with E-state index in [-0.39, 0.29) is 0 Å². The number of nitrogens with zero attached hydrogens (tertiary/aromatic N) is 4. The zero-order valence-electron chi connectivity index (χ0n) is 10.5. The molecule has 1 aliphatic rings. The highest BCUT2D eigenvalue weighted by atomic mass is 15.3. The molecule has 1 aliphatic heterocycles. The van der Waals surface area contributed by atoms with Crippen molar-refractivity contribution < 1.29 is 0 Å². The van der Waals surface area contributed by atoms with E-state index in [4.69, 9.17) is 0 Å². The Bertz CT molecular complexity index is 513. The summed E-state index contributed by atoms with van der Waals surface area (Å²) in [7, 11) is 0. The predicted octanol–water partition coefficient (Wildman–Crippen LogP) is 1.11. The molecule has 1 N–H and O–H groups in total. The normalized spacial score (nSPS) is 19.3. The molecule has 0 saturated carbocycles. The minimum Gasteiger partial charge on any atom is -0.316 e. The van der Waals surface area contributed by atoms with E-state index in [1.807, 2.05) is 31.3 Å². The summed E-state index contributed by atoms with van der Waals surface area (Å²) in [4.78, 5) is 4.37. The van der Waals surface area contributed by atoms with Gasteiger partial charge in [0.05, 0.1) is 12.2 Å². The fraction of sp³-hybridized carbons (Fsp3) is 0.462. The van der Waals surface area contributed by atoms with E-state index >= 15 is 0 Å². The largest absolute Gasteiger partial charge is 0.316 e. The van der Waals surface area contributed by atoms with E-state index in [1.54, 1.807) is 0 Å². The molecule has 5 nitrogen and oxygen atoms in total. The monoisotopic (exact) mass is 243 g/mol. The highest BCUT2D eigenvalue weighted by Gasteiger charge is 2.23. The summed E-state index contributed by atoms with van der Waals surface area (Å²) in [6, 6.07) is 5.99. The van der Waals surface area contributed by atoms with Gasteiger partial charge in [0.2, 0.25) is 0 Å². The Hall–Kier alpha value is -1.75. The van der Waals surface area contributed by atoms with Gasteiger partial charge in [-0.05, 0) is 32.0 Å². The summed E-state index contributed by atoms with van der Waals surface area (Å²) in [6.45, 7) is 4.83. The molecule has 0 amide bonds. The Kier molecular flexibility index (Phi) is 3.06. The van der Waals surface area contributed by atoms with Crippen LogP contribution in [0.1, 0.15) is 29.7 Å². The smallest absolute Gasteiger partial charge is 0.137 e. The zero-order valence-corrected chi connectivity index (χ0v) is 10.5. The Morgan fingerprint density at radius 2 is 2.33 bits per heavy atom. The van der Waals surface area contributed by atoms with Crippen LogP contribution in [0.5, 0.6) is 0 Å². The average Bonchev–Trinajstić information content (AvgIpc) is 3.02. The second kappa shape index (κ2) is 4.86. The van der Waals surface area contributed by atoms with Crippen LogP contribution in [0.15, 0.2) is 24.4 Å². The maximum absolute atomic E-state index is 4.37. The van der Waals surface area contributed by atoms with Crippen LogP contribution >= 0.6 is 0 Å². The Morgan fingerprint density at radius 1 is 1.39 bits per heavy atom. The fourth-order valence-electron chi connectivity index (χ4n) is 2.42. The van der Waals surface area contributed by atoms with Gasteiger partial charge < -0.3 is 9.88 Å². The molecule has 18 heavy (non-hydrogen) atoms. The lowest BCUT2D eigenvalue weighted by molar-refractivity contribution is 0.618. The number of aryl methyl sites for hydroxylation is 1. The molecule has 0 aromatic carbocycles. The number of hydrogen-bond donors (Lipinski definition) is 1. The van der Waals surface area contributed by atoms with E-state index < -0.39 is 0 Å². The van der Waals surface area contributed by atoms with Gasteiger partial charge in [0.25, 0.3) is 0 Å². The van der Waals surface area contributed by atoms with Gasteiger partial charge in [-0.15, -0.1) is 10.2 Å². The first-order chi connectivity index (χ1) is 8.84. The van der Waals surface area contributed by atoms with E-state index in [0.717, 1.165) is 43.4 Å². The first-order valence-corrected chi connectivity index (χ1v) is 6.35. The lowest BCUT2D eigenvalue weighted by Gasteiger charge is -2.12. The quantitative estimate of drug-likeness (QED) is 0.877. The first kappa shape index (κ1) is 11.3. The van der Waals surface area contributed by atoms with E-state index in [9.17, 15) is 0 Å². The number of pyridine rings is 1. The molecule has 1 saturated heterocycles. The molecule has 1 unspecified atom stereocenters. The summed E-state index contributed by atoms with van der Waals surface area (Å²) >= 11 is 0. The summed E-state index contributed by atoms with van der Waals surface area (Å²) in [5.74, 6) is 2.53. The molecule has 1 fully saturated rings. The van der Waals surface area contributed by atoms with Gasteiger partial charge in [-0.1, -0.05) is 6.07 Å². The van der Waals surface area contributed by atoms with E-state index in [1.165, 1.54) is 0 Å². The highest BCUT2D eigenvalue weighted by Crippen LogP contribution is 2.21. The molecule has 0 spiro atoms. The van der Waals surface area contributed by atoms with Crippen LogP contribution in [0.2, 0.25) is 0 Å². The second-order valence-electron chi connectivity index (χ2n) is 4.70. The molecule has 5 heteroatoms. The van der Waals surface area contributed by atoms with Crippen LogP contribution in [0.25, 0.3) is 0 Å². The molecular formula is C13H17N5. The molecule has 0 aliphatic carbocycles. The predicted molar refractivity (Wildman–Crippen MR) is 68.3 cm³/mol. The molecule has 2 aromatic rings. The number of rotatable bonds is 3. The first-order valence-electron chi connectivity index (χ1n) is 6.35. The van der Waals surface area contributed by atoms with Gasteiger partial charge in [-0.3, -0.25) is 4.98 Å². The molecule has 1 atom stereocenters. The third-order valence-electron chi connectivity index (χ3n) is 3.44. The van der Waals surface area contributed by atoms with Gasteiger partial charge in [-0.2, -0.15) is 0 Å². The molecule has 2 aromatic heterocycles. The molecule has 0 bridgehead atoms. The minimum atomic E-state index is 0.481. The van der Waals surface area contributed by atoms with Crippen molar-refractivity contribution in [3.05, 3.63) is 41.7 Å². The molecule has 94 valence electrons. The van der Waals surface area contributed by atoms with Gasteiger partial charge in [0, 0.05) is 18.7 Å². The SMILES string of the molecule is Cc1nnc(C2CCNC2)n1Cc1ccccn1. The average molecular weight is 243 g/mol. The lowest BCUT2D eigenvalue weighted by atomic mass is 10.1. The van der Waals surface area contributed by atoms with Gasteiger partial charge >= 0.3 is 0 Å². The third-order valence-corrected chi connectivity index (χ3v) is 3.44. The molecule has 0 radical (unpaired) electrons. The minimum absolute atomic E-state index is 0.481. The maximum atomic E-state index is 4.37. The van der Waals surface area contributed by atoms with E-state index in [2.05, 4.69) is 25.1 Å². The van der Waals surface area contributed by atoms with Crippen molar-refractivity contribution >= 4 is 0 Å². The Balaban J connectivity index is 1.88. The van der Waals surface area contributed by atoms with Crippen molar-refractivity contribution in [1.82, 2.24) is 25.1 Å². The zero-order chi connectivity index (χ0) is 12.4.